The van der Waals surface area contributed by atoms with Crippen LogP contribution in [-0.2, 0) is 19.1 Å². The Balaban J connectivity index is 2.01. The van der Waals surface area contributed by atoms with Crippen molar-refractivity contribution in [2.75, 3.05) is 13.2 Å². The third kappa shape index (κ3) is 3.51. The van der Waals surface area contributed by atoms with Crippen molar-refractivity contribution in [3.05, 3.63) is 0 Å². The van der Waals surface area contributed by atoms with Crippen LogP contribution in [0.15, 0.2) is 0 Å². The topological polar surface area (TPSA) is 64.6 Å². The number of carbonyl (C=O) groups excluding carboxylic acids is 2. The molecule has 0 radical (unpaired) electrons. The van der Waals surface area contributed by atoms with E-state index in [-0.39, 0.29) is 11.9 Å². The Morgan fingerprint density at radius 2 is 2.00 bits per heavy atom. The first-order valence-corrected chi connectivity index (χ1v) is 7.79. The second-order valence-corrected chi connectivity index (χ2v) is 5.77. The van der Waals surface area contributed by atoms with Gasteiger partial charge in [0.1, 0.15) is 11.6 Å². The fourth-order valence-electron chi connectivity index (χ4n) is 2.97. The second-order valence-electron chi connectivity index (χ2n) is 5.77. The summed E-state index contributed by atoms with van der Waals surface area (Å²) in [6, 6.07) is 0. The van der Waals surface area contributed by atoms with Crippen molar-refractivity contribution in [1.82, 2.24) is 5.32 Å². The van der Waals surface area contributed by atoms with Gasteiger partial charge in [-0.15, -0.1) is 0 Å². The number of amides is 1. The van der Waals surface area contributed by atoms with Crippen LogP contribution in [-0.4, -0.2) is 36.7 Å². The molecule has 2 fully saturated rings. The van der Waals surface area contributed by atoms with E-state index in [1.54, 1.807) is 0 Å². The van der Waals surface area contributed by atoms with Gasteiger partial charge in [-0.2, -0.15) is 0 Å². The Morgan fingerprint density at radius 1 is 1.25 bits per heavy atom. The summed E-state index contributed by atoms with van der Waals surface area (Å²) in [6.45, 7) is 3.01. The summed E-state index contributed by atoms with van der Waals surface area (Å²) in [4.78, 5) is 24.6. The van der Waals surface area contributed by atoms with Gasteiger partial charge in [0, 0.05) is 6.61 Å². The molecule has 1 N–H and O–H groups in total. The molecule has 1 heterocycles. The van der Waals surface area contributed by atoms with Crippen molar-refractivity contribution < 1.29 is 19.1 Å². The van der Waals surface area contributed by atoms with Crippen molar-refractivity contribution in [3.63, 3.8) is 0 Å². The SMILES string of the molecule is CCCOC(=O)C1(NC(=O)[C@H]2CCCO2)CCCCC1. The molecule has 5 heteroatoms. The summed E-state index contributed by atoms with van der Waals surface area (Å²) in [5.41, 5.74) is -0.823. The van der Waals surface area contributed by atoms with Crippen molar-refractivity contribution in [3.8, 4) is 0 Å². The van der Waals surface area contributed by atoms with Gasteiger partial charge in [0.2, 0.25) is 5.91 Å². The molecule has 0 aromatic carbocycles. The summed E-state index contributed by atoms with van der Waals surface area (Å²) >= 11 is 0. The van der Waals surface area contributed by atoms with Gasteiger partial charge >= 0.3 is 5.97 Å². The first-order chi connectivity index (χ1) is 9.68. The van der Waals surface area contributed by atoms with Crippen LogP contribution in [0.3, 0.4) is 0 Å². The van der Waals surface area contributed by atoms with Gasteiger partial charge < -0.3 is 14.8 Å². The molecule has 114 valence electrons. The number of hydrogen-bond donors (Lipinski definition) is 1. The summed E-state index contributed by atoms with van der Waals surface area (Å²) in [5.74, 6) is -0.428. The van der Waals surface area contributed by atoms with Crippen LogP contribution >= 0.6 is 0 Å². The molecule has 1 saturated heterocycles. The predicted octanol–water partition coefficient (Wildman–Crippen LogP) is 1.94. The van der Waals surface area contributed by atoms with E-state index in [0.717, 1.165) is 38.5 Å². The van der Waals surface area contributed by atoms with Crippen LogP contribution in [0.5, 0.6) is 0 Å². The fourth-order valence-corrected chi connectivity index (χ4v) is 2.97. The minimum absolute atomic E-state index is 0.155. The average molecular weight is 283 g/mol. The molecule has 0 unspecified atom stereocenters. The number of carbonyl (C=O) groups is 2. The molecule has 1 aliphatic heterocycles. The molecule has 1 aliphatic carbocycles. The van der Waals surface area contributed by atoms with Gasteiger partial charge in [-0.1, -0.05) is 26.2 Å². The van der Waals surface area contributed by atoms with Gasteiger partial charge in [0.25, 0.3) is 0 Å². The molecule has 2 rings (SSSR count). The number of hydrogen-bond acceptors (Lipinski definition) is 4. The van der Waals surface area contributed by atoms with E-state index in [0.29, 0.717) is 26.1 Å². The summed E-state index contributed by atoms with van der Waals surface area (Å²) in [5, 5.41) is 2.94. The molecule has 2 aliphatic rings. The number of esters is 1. The zero-order chi connectivity index (χ0) is 14.4. The number of rotatable bonds is 5. The van der Waals surface area contributed by atoms with E-state index in [4.69, 9.17) is 9.47 Å². The van der Waals surface area contributed by atoms with E-state index in [9.17, 15) is 9.59 Å². The number of nitrogens with one attached hydrogen (secondary N) is 1. The largest absolute Gasteiger partial charge is 0.464 e. The van der Waals surface area contributed by atoms with Crippen molar-refractivity contribution >= 4 is 11.9 Å². The molecular weight excluding hydrogens is 258 g/mol. The van der Waals surface area contributed by atoms with Crippen molar-refractivity contribution in [2.45, 2.75) is 69.9 Å². The van der Waals surface area contributed by atoms with Crippen molar-refractivity contribution in [1.29, 1.82) is 0 Å². The zero-order valence-electron chi connectivity index (χ0n) is 12.3. The van der Waals surface area contributed by atoms with Crippen molar-refractivity contribution in [2.24, 2.45) is 0 Å². The van der Waals surface area contributed by atoms with E-state index in [1.165, 1.54) is 0 Å². The first-order valence-electron chi connectivity index (χ1n) is 7.79. The average Bonchev–Trinajstić information content (AvgIpc) is 3.00. The Labute approximate surface area is 120 Å². The molecule has 1 amide bonds. The lowest BCUT2D eigenvalue weighted by molar-refractivity contribution is -0.156. The molecule has 0 spiro atoms. The first kappa shape index (κ1) is 15.3. The highest BCUT2D eigenvalue weighted by atomic mass is 16.5. The van der Waals surface area contributed by atoms with Gasteiger partial charge in [-0.3, -0.25) is 4.79 Å². The normalized spacial score (nSPS) is 25.1. The lowest BCUT2D eigenvalue weighted by atomic mass is 9.81. The van der Waals surface area contributed by atoms with E-state index < -0.39 is 11.6 Å². The lowest BCUT2D eigenvalue weighted by Crippen LogP contribution is -2.58. The second kappa shape index (κ2) is 7.07. The predicted molar refractivity (Wildman–Crippen MR) is 74.2 cm³/mol. The van der Waals surface area contributed by atoms with E-state index in [2.05, 4.69) is 5.32 Å². The molecule has 0 bridgehead atoms. The van der Waals surface area contributed by atoms with E-state index in [1.807, 2.05) is 6.92 Å². The fraction of sp³-hybridized carbons (Fsp3) is 0.867. The number of ether oxygens (including phenoxy) is 2. The van der Waals surface area contributed by atoms with E-state index >= 15 is 0 Å². The van der Waals surface area contributed by atoms with Crippen LogP contribution in [0.1, 0.15) is 58.3 Å². The molecular formula is C15H25NO4. The minimum atomic E-state index is -0.823. The third-order valence-corrected chi connectivity index (χ3v) is 4.12. The zero-order valence-corrected chi connectivity index (χ0v) is 12.3. The smallest absolute Gasteiger partial charge is 0.331 e. The van der Waals surface area contributed by atoms with Gasteiger partial charge in [-0.05, 0) is 32.1 Å². The lowest BCUT2D eigenvalue weighted by Gasteiger charge is -2.36. The highest BCUT2D eigenvalue weighted by Crippen LogP contribution is 2.30. The van der Waals surface area contributed by atoms with Gasteiger partial charge in [0.15, 0.2) is 0 Å². The molecule has 0 aromatic heterocycles. The maximum atomic E-state index is 12.4. The van der Waals surface area contributed by atoms with Crippen LogP contribution in [0.25, 0.3) is 0 Å². The molecule has 1 saturated carbocycles. The van der Waals surface area contributed by atoms with Crippen LogP contribution < -0.4 is 5.32 Å². The quantitative estimate of drug-likeness (QED) is 0.783. The summed E-state index contributed by atoms with van der Waals surface area (Å²) in [6.07, 6.45) is 6.41. The summed E-state index contributed by atoms with van der Waals surface area (Å²) < 4.78 is 10.7. The molecule has 5 nitrogen and oxygen atoms in total. The van der Waals surface area contributed by atoms with Crippen LogP contribution in [0, 0.1) is 0 Å². The highest BCUT2D eigenvalue weighted by molar-refractivity contribution is 5.90. The molecule has 20 heavy (non-hydrogen) atoms. The Kier molecular flexibility index (Phi) is 5.40. The van der Waals surface area contributed by atoms with Gasteiger partial charge in [0.05, 0.1) is 6.61 Å². The maximum absolute atomic E-state index is 12.4. The molecule has 0 aromatic rings. The monoisotopic (exact) mass is 283 g/mol. The van der Waals surface area contributed by atoms with Crippen LogP contribution in [0.4, 0.5) is 0 Å². The third-order valence-electron chi connectivity index (χ3n) is 4.12. The highest BCUT2D eigenvalue weighted by Gasteiger charge is 2.43. The molecule has 1 atom stereocenters. The van der Waals surface area contributed by atoms with Crippen LogP contribution in [0.2, 0.25) is 0 Å². The summed E-state index contributed by atoms with van der Waals surface area (Å²) in [7, 11) is 0. The Morgan fingerprint density at radius 3 is 2.60 bits per heavy atom. The van der Waals surface area contributed by atoms with Gasteiger partial charge in [-0.25, -0.2) is 4.79 Å². The Hall–Kier alpha value is -1.10. The Bertz CT molecular complexity index is 344. The standard InChI is InChI=1S/C15H25NO4/c1-2-10-20-14(18)15(8-4-3-5-9-15)16-13(17)12-7-6-11-19-12/h12H,2-11H2,1H3,(H,16,17)/t12-/m1/s1. The maximum Gasteiger partial charge on any atom is 0.331 e. The minimum Gasteiger partial charge on any atom is -0.464 e.